The number of rotatable bonds is 4. The maximum atomic E-state index is 13.9. The predicted octanol–water partition coefficient (Wildman–Crippen LogP) is 2.88. The minimum atomic E-state index is -0.932. The fourth-order valence-electron chi connectivity index (χ4n) is 2.90. The molecule has 1 aliphatic rings. The molecule has 9 heteroatoms. The molecule has 1 atom stereocenters. The molecule has 140 valence electrons. The molecule has 8 nitrogen and oxygen atoms in total. The van der Waals surface area contributed by atoms with E-state index in [0.29, 0.717) is 11.4 Å². The van der Waals surface area contributed by atoms with Crippen LogP contribution in [0, 0.1) is 15.9 Å². The summed E-state index contributed by atoms with van der Waals surface area (Å²) in [7, 11) is 0. The molecule has 0 saturated carbocycles. The molecule has 0 spiro atoms. The van der Waals surface area contributed by atoms with Crippen molar-refractivity contribution in [2.45, 2.75) is 19.4 Å². The third-order valence-electron chi connectivity index (χ3n) is 4.11. The van der Waals surface area contributed by atoms with Crippen LogP contribution in [0.2, 0.25) is 0 Å². The summed E-state index contributed by atoms with van der Waals surface area (Å²) >= 11 is 0. The Balaban J connectivity index is 1.79. The van der Waals surface area contributed by atoms with Gasteiger partial charge < -0.3 is 15.0 Å². The molecule has 27 heavy (non-hydrogen) atoms. The number of non-ortho nitro benzene ring substituents is 1. The Hall–Kier alpha value is -3.49. The second-order valence-corrected chi connectivity index (χ2v) is 6.04. The van der Waals surface area contributed by atoms with Crippen molar-refractivity contribution >= 4 is 28.9 Å². The van der Waals surface area contributed by atoms with Crippen molar-refractivity contribution in [2.75, 3.05) is 16.8 Å². The van der Waals surface area contributed by atoms with Gasteiger partial charge in [-0.2, -0.15) is 0 Å². The Bertz CT molecular complexity index is 918. The van der Waals surface area contributed by atoms with Crippen molar-refractivity contribution in [3.05, 3.63) is 58.4 Å². The summed E-state index contributed by atoms with van der Waals surface area (Å²) in [5.74, 6) is -1.88. The lowest BCUT2D eigenvalue weighted by molar-refractivity contribution is -0.385. The van der Waals surface area contributed by atoms with E-state index in [1.165, 1.54) is 4.90 Å². The van der Waals surface area contributed by atoms with E-state index in [1.807, 2.05) is 0 Å². The number of amides is 2. The normalized spacial score (nSPS) is 16.1. The van der Waals surface area contributed by atoms with E-state index in [0.717, 1.165) is 18.2 Å². The maximum absolute atomic E-state index is 13.9. The van der Waals surface area contributed by atoms with Crippen molar-refractivity contribution in [1.82, 2.24) is 0 Å². The van der Waals surface area contributed by atoms with Gasteiger partial charge in [0, 0.05) is 18.5 Å². The van der Waals surface area contributed by atoms with E-state index in [1.54, 1.807) is 31.2 Å². The molecule has 3 rings (SSSR count). The molecule has 1 unspecified atom stereocenters. The van der Waals surface area contributed by atoms with E-state index in [-0.39, 0.29) is 18.1 Å². The van der Waals surface area contributed by atoms with Gasteiger partial charge in [-0.1, -0.05) is 12.1 Å². The highest BCUT2D eigenvalue weighted by atomic mass is 19.1. The first-order valence-corrected chi connectivity index (χ1v) is 8.14. The first-order valence-electron chi connectivity index (χ1n) is 8.14. The number of nitro benzene ring substituents is 1. The Morgan fingerprint density at radius 3 is 2.81 bits per heavy atom. The Labute approximate surface area is 153 Å². The van der Waals surface area contributed by atoms with Gasteiger partial charge in [-0.05, 0) is 25.1 Å². The van der Waals surface area contributed by atoms with Crippen LogP contribution in [0.4, 0.5) is 21.5 Å². The zero-order valence-electron chi connectivity index (χ0n) is 14.3. The Morgan fingerprint density at radius 1 is 1.37 bits per heavy atom. The number of nitrogens with one attached hydrogen (secondary N) is 1. The fourth-order valence-corrected chi connectivity index (χ4v) is 2.90. The smallest absolute Gasteiger partial charge is 0.272 e. The van der Waals surface area contributed by atoms with Crippen LogP contribution >= 0.6 is 0 Å². The molecule has 0 fully saturated rings. The van der Waals surface area contributed by atoms with Gasteiger partial charge in [-0.3, -0.25) is 19.7 Å². The van der Waals surface area contributed by atoms with Crippen molar-refractivity contribution in [3.8, 4) is 5.75 Å². The summed E-state index contributed by atoms with van der Waals surface area (Å²) in [6.45, 7) is 1.24. The number of para-hydroxylation sites is 2. The van der Waals surface area contributed by atoms with Crippen LogP contribution in [0.15, 0.2) is 42.5 Å². The number of carbonyl (C=O) groups excluding carboxylic acids is 2. The third-order valence-corrected chi connectivity index (χ3v) is 4.11. The highest BCUT2D eigenvalue weighted by Gasteiger charge is 2.29. The largest absolute Gasteiger partial charge is 0.481 e. The quantitative estimate of drug-likeness (QED) is 0.656. The van der Waals surface area contributed by atoms with E-state index in [4.69, 9.17) is 4.74 Å². The number of benzene rings is 2. The monoisotopic (exact) mass is 373 g/mol. The van der Waals surface area contributed by atoms with Gasteiger partial charge in [-0.25, -0.2) is 4.39 Å². The molecule has 0 aromatic heterocycles. The van der Waals surface area contributed by atoms with Gasteiger partial charge in [0.05, 0.1) is 22.4 Å². The summed E-state index contributed by atoms with van der Waals surface area (Å²) in [6, 6.07) is 9.35. The lowest BCUT2D eigenvalue weighted by atomic mass is 10.1. The average molecular weight is 373 g/mol. The summed E-state index contributed by atoms with van der Waals surface area (Å²) in [5.41, 5.74) is 0.612. The first-order chi connectivity index (χ1) is 12.9. The topological polar surface area (TPSA) is 102 Å². The average Bonchev–Trinajstić information content (AvgIpc) is 2.74. The summed E-state index contributed by atoms with van der Waals surface area (Å²) < 4.78 is 19.1. The zero-order chi connectivity index (χ0) is 19.6. The second kappa shape index (κ2) is 7.40. The van der Waals surface area contributed by atoms with Gasteiger partial charge in [0.2, 0.25) is 5.91 Å². The van der Waals surface area contributed by atoms with Crippen LogP contribution in [0.3, 0.4) is 0 Å². The molecule has 2 aromatic rings. The second-order valence-electron chi connectivity index (χ2n) is 6.04. The van der Waals surface area contributed by atoms with E-state index in [9.17, 15) is 24.1 Å². The van der Waals surface area contributed by atoms with E-state index in [2.05, 4.69) is 5.32 Å². The van der Waals surface area contributed by atoms with Gasteiger partial charge in [0.1, 0.15) is 0 Å². The molecular weight excluding hydrogens is 357 g/mol. The summed E-state index contributed by atoms with van der Waals surface area (Å²) in [6.07, 6.45) is 0.103. The van der Waals surface area contributed by atoms with Crippen LogP contribution in [0.1, 0.15) is 13.3 Å². The minimum Gasteiger partial charge on any atom is -0.481 e. The maximum Gasteiger partial charge on any atom is 0.272 e. The fraction of sp³-hybridized carbons (Fsp3) is 0.222. The molecule has 0 saturated heterocycles. The SMILES string of the molecule is CC1CC(=O)Nc2ccccc2N1C(=O)COc1ccc([N+](=O)[O-])cc1F. The summed E-state index contributed by atoms with van der Waals surface area (Å²) in [5, 5.41) is 13.4. The molecule has 0 aliphatic carbocycles. The van der Waals surface area contributed by atoms with E-state index >= 15 is 0 Å². The minimum absolute atomic E-state index is 0.103. The molecule has 0 radical (unpaired) electrons. The summed E-state index contributed by atoms with van der Waals surface area (Å²) in [4.78, 5) is 36.0. The molecule has 1 N–H and O–H groups in total. The van der Waals surface area contributed by atoms with Crippen LogP contribution in [0.25, 0.3) is 0 Å². The predicted molar refractivity (Wildman–Crippen MR) is 95.2 cm³/mol. The number of nitro groups is 1. The van der Waals surface area contributed by atoms with Crippen LogP contribution < -0.4 is 15.0 Å². The van der Waals surface area contributed by atoms with Crippen molar-refractivity contribution in [2.24, 2.45) is 0 Å². The standard InChI is InChI=1S/C18H16FN3O5/c1-11-8-17(23)20-14-4-2-3-5-15(14)21(11)18(24)10-27-16-7-6-12(22(25)26)9-13(16)19/h2-7,9,11H,8,10H2,1H3,(H,20,23). The number of halogens is 1. The van der Waals surface area contributed by atoms with Gasteiger partial charge in [0.25, 0.3) is 11.6 Å². The van der Waals surface area contributed by atoms with Crippen molar-refractivity contribution in [3.63, 3.8) is 0 Å². The highest BCUT2D eigenvalue weighted by molar-refractivity contribution is 6.04. The molecular formula is C18H16FN3O5. The van der Waals surface area contributed by atoms with Gasteiger partial charge in [0.15, 0.2) is 18.2 Å². The third kappa shape index (κ3) is 3.86. The number of ether oxygens (including phenoxy) is 1. The number of fused-ring (bicyclic) bond motifs is 1. The van der Waals surface area contributed by atoms with Gasteiger partial charge in [-0.15, -0.1) is 0 Å². The van der Waals surface area contributed by atoms with Crippen LogP contribution in [0.5, 0.6) is 5.75 Å². The Kier molecular flexibility index (Phi) is 5.02. The van der Waals surface area contributed by atoms with Crippen molar-refractivity contribution < 1.29 is 23.6 Å². The lowest BCUT2D eigenvalue weighted by Gasteiger charge is -2.27. The Morgan fingerprint density at radius 2 is 2.11 bits per heavy atom. The van der Waals surface area contributed by atoms with Crippen LogP contribution in [-0.2, 0) is 9.59 Å². The number of nitrogens with zero attached hydrogens (tertiary/aromatic N) is 2. The van der Waals surface area contributed by atoms with Crippen LogP contribution in [-0.4, -0.2) is 29.4 Å². The van der Waals surface area contributed by atoms with Crippen molar-refractivity contribution in [1.29, 1.82) is 0 Å². The number of anilines is 2. The zero-order valence-corrected chi connectivity index (χ0v) is 14.3. The number of hydrogen-bond acceptors (Lipinski definition) is 5. The lowest BCUT2D eigenvalue weighted by Crippen LogP contribution is -2.41. The van der Waals surface area contributed by atoms with Gasteiger partial charge >= 0.3 is 0 Å². The highest BCUT2D eigenvalue weighted by Crippen LogP contribution is 2.31. The number of hydrogen-bond donors (Lipinski definition) is 1. The molecule has 2 aromatic carbocycles. The molecule has 0 bridgehead atoms. The first kappa shape index (κ1) is 18.3. The molecule has 1 aliphatic heterocycles. The molecule has 2 amide bonds. The number of carbonyl (C=O) groups is 2. The molecule has 1 heterocycles. The van der Waals surface area contributed by atoms with E-state index < -0.39 is 35.0 Å².